The third kappa shape index (κ3) is 4.68. The van der Waals surface area contributed by atoms with E-state index in [0.717, 1.165) is 31.5 Å². The fraction of sp³-hybridized carbons (Fsp3) is 0.769. The number of rotatable bonds is 8. The second-order valence-corrected chi connectivity index (χ2v) is 4.89. The van der Waals surface area contributed by atoms with Crippen LogP contribution in [0.25, 0.3) is 0 Å². The van der Waals surface area contributed by atoms with Gasteiger partial charge in [-0.15, -0.1) is 11.6 Å². The number of hydrogen-bond acceptors (Lipinski definition) is 2. The lowest BCUT2D eigenvalue weighted by Crippen LogP contribution is -2.26. The molecule has 1 aromatic rings. The highest BCUT2D eigenvalue weighted by Crippen LogP contribution is 2.14. The average Bonchev–Trinajstić information content (AvgIpc) is 2.77. The predicted octanol–water partition coefficient (Wildman–Crippen LogP) is 3.35. The van der Waals surface area contributed by atoms with Crippen molar-refractivity contribution in [1.82, 2.24) is 15.1 Å². The quantitative estimate of drug-likeness (QED) is 0.724. The van der Waals surface area contributed by atoms with Gasteiger partial charge < -0.3 is 5.32 Å². The van der Waals surface area contributed by atoms with Crippen molar-refractivity contribution < 1.29 is 0 Å². The van der Waals surface area contributed by atoms with E-state index in [2.05, 4.69) is 48.1 Å². The fourth-order valence-corrected chi connectivity index (χ4v) is 2.21. The lowest BCUT2D eigenvalue weighted by Gasteiger charge is -2.13. The van der Waals surface area contributed by atoms with Crippen LogP contribution < -0.4 is 5.32 Å². The largest absolute Gasteiger partial charge is 0.309 e. The Morgan fingerprint density at radius 1 is 1.41 bits per heavy atom. The van der Waals surface area contributed by atoms with Crippen molar-refractivity contribution >= 4 is 11.6 Å². The van der Waals surface area contributed by atoms with Gasteiger partial charge in [0, 0.05) is 24.7 Å². The van der Waals surface area contributed by atoms with Gasteiger partial charge in [0.05, 0.1) is 11.7 Å². The van der Waals surface area contributed by atoms with Crippen LogP contribution in [-0.4, -0.2) is 21.7 Å². The van der Waals surface area contributed by atoms with E-state index in [1.165, 1.54) is 0 Å². The van der Waals surface area contributed by atoms with Gasteiger partial charge in [0.1, 0.15) is 0 Å². The van der Waals surface area contributed by atoms with Gasteiger partial charge in [-0.2, -0.15) is 5.10 Å². The monoisotopic (exact) mass is 257 g/mol. The molecule has 0 bridgehead atoms. The zero-order chi connectivity index (χ0) is 12.7. The summed E-state index contributed by atoms with van der Waals surface area (Å²) in [5.74, 6) is 0.705. The highest BCUT2D eigenvalue weighted by atomic mass is 35.5. The summed E-state index contributed by atoms with van der Waals surface area (Å²) in [5.41, 5.74) is 1.11. The summed E-state index contributed by atoms with van der Waals surface area (Å²) in [6.07, 6.45) is 5.34. The van der Waals surface area contributed by atoms with Crippen molar-refractivity contribution in [2.45, 2.75) is 58.7 Å². The number of nitrogens with one attached hydrogen (secondary N) is 1. The Bertz CT molecular complexity index is 307. The maximum Gasteiger partial charge on any atom is 0.0762 e. The van der Waals surface area contributed by atoms with Gasteiger partial charge in [0.25, 0.3) is 0 Å². The molecule has 98 valence electrons. The minimum absolute atomic E-state index is 0.450. The molecule has 0 aliphatic carbocycles. The van der Waals surface area contributed by atoms with Gasteiger partial charge in [-0.1, -0.05) is 13.8 Å². The van der Waals surface area contributed by atoms with E-state index in [9.17, 15) is 0 Å². The van der Waals surface area contributed by atoms with E-state index < -0.39 is 0 Å². The Labute approximate surface area is 110 Å². The molecule has 4 heteroatoms. The Kier molecular flexibility index (Phi) is 6.60. The first-order valence-electron chi connectivity index (χ1n) is 6.54. The Morgan fingerprint density at radius 2 is 2.12 bits per heavy atom. The van der Waals surface area contributed by atoms with Crippen LogP contribution >= 0.6 is 11.6 Å². The van der Waals surface area contributed by atoms with Crippen molar-refractivity contribution in [3.63, 3.8) is 0 Å². The van der Waals surface area contributed by atoms with Gasteiger partial charge in [-0.3, -0.25) is 4.68 Å². The topological polar surface area (TPSA) is 29.9 Å². The molecule has 1 heterocycles. The summed E-state index contributed by atoms with van der Waals surface area (Å²) >= 11 is 5.70. The highest BCUT2D eigenvalue weighted by Gasteiger charge is 2.08. The van der Waals surface area contributed by atoms with E-state index in [1.807, 2.05) is 0 Å². The SMILES string of the molecule is CCC(CC)n1ccc(CNC(C)CCCl)n1. The lowest BCUT2D eigenvalue weighted by molar-refractivity contribution is 0.422. The molecular weight excluding hydrogens is 234 g/mol. The van der Waals surface area contributed by atoms with Crippen LogP contribution in [0.15, 0.2) is 12.3 Å². The maximum atomic E-state index is 5.70. The Balaban J connectivity index is 2.45. The first-order valence-corrected chi connectivity index (χ1v) is 7.08. The zero-order valence-corrected chi connectivity index (χ0v) is 11.9. The van der Waals surface area contributed by atoms with Crippen LogP contribution in [0.2, 0.25) is 0 Å². The standard InChI is InChI=1S/C13H24ClN3/c1-4-13(5-2)17-9-7-12(16-17)10-15-11(3)6-8-14/h7,9,11,13,15H,4-6,8,10H2,1-3H3. The first-order chi connectivity index (χ1) is 8.21. The van der Waals surface area contributed by atoms with Crippen molar-refractivity contribution in [2.24, 2.45) is 0 Å². The molecule has 0 saturated carbocycles. The van der Waals surface area contributed by atoms with Crippen LogP contribution in [-0.2, 0) is 6.54 Å². The van der Waals surface area contributed by atoms with Gasteiger partial charge >= 0.3 is 0 Å². The van der Waals surface area contributed by atoms with Crippen LogP contribution in [0.4, 0.5) is 0 Å². The van der Waals surface area contributed by atoms with Gasteiger partial charge in [0.2, 0.25) is 0 Å². The number of nitrogens with zero attached hydrogens (tertiary/aromatic N) is 2. The zero-order valence-electron chi connectivity index (χ0n) is 11.1. The molecular formula is C13H24ClN3. The van der Waals surface area contributed by atoms with Gasteiger partial charge in [-0.05, 0) is 32.3 Å². The molecule has 1 unspecified atom stereocenters. The normalized spacial score (nSPS) is 13.2. The summed E-state index contributed by atoms with van der Waals surface area (Å²) < 4.78 is 2.09. The fourth-order valence-electron chi connectivity index (χ4n) is 1.88. The Morgan fingerprint density at radius 3 is 2.71 bits per heavy atom. The number of aromatic nitrogens is 2. The van der Waals surface area contributed by atoms with Crippen molar-refractivity contribution in [1.29, 1.82) is 0 Å². The number of hydrogen-bond donors (Lipinski definition) is 1. The summed E-state index contributed by atoms with van der Waals surface area (Å²) in [4.78, 5) is 0. The van der Waals surface area contributed by atoms with Crippen LogP contribution in [0.5, 0.6) is 0 Å². The van der Waals surface area contributed by atoms with E-state index >= 15 is 0 Å². The summed E-state index contributed by atoms with van der Waals surface area (Å²) in [6, 6.07) is 3.08. The third-order valence-corrected chi connectivity index (χ3v) is 3.37. The molecule has 0 radical (unpaired) electrons. The van der Waals surface area contributed by atoms with E-state index in [0.29, 0.717) is 18.0 Å². The molecule has 17 heavy (non-hydrogen) atoms. The van der Waals surface area contributed by atoms with Crippen molar-refractivity contribution in [3.05, 3.63) is 18.0 Å². The van der Waals surface area contributed by atoms with Gasteiger partial charge in [-0.25, -0.2) is 0 Å². The van der Waals surface area contributed by atoms with Crippen LogP contribution in [0, 0.1) is 0 Å². The minimum Gasteiger partial charge on any atom is -0.309 e. The smallest absolute Gasteiger partial charge is 0.0762 e. The van der Waals surface area contributed by atoms with Crippen molar-refractivity contribution in [2.75, 3.05) is 5.88 Å². The predicted molar refractivity (Wildman–Crippen MR) is 73.5 cm³/mol. The van der Waals surface area contributed by atoms with E-state index in [4.69, 9.17) is 11.6 Å². The maximum absolute atomic E-state index is 5.70. The summed E-state index contributed by atoms with van der Waals surface area (Å²) in [6.45, 7) is 7.39. The molecule has 0 amide bonds. The second kappa shape index (κ2) is 7.72. The van der Waals surface area contributed by atoms with E-state index in [-0.39, 0.29) is 0 Å². The molecule has 0 aliphatic heterocycles. The molecule has 1 N–H and O–H groups in total. The van der Waals surface area contributed by atoms with Gasteiger partial charge in [0.15, 0.2) is 0 Å². The molecule has 0 saturated heterocycles. The molecule has 0 aromatic carbocycles. The molecule has 1 aromatic heterocycles. The summed E-state index contributed by atoms with van der Waals surface area (Å²) in [7, 11) is 0. The van der Waals surface area contributed by atoms with Crippen LogP contribution in [0.1, 0.15) is 51.8 Å². The molecule has 0 spiro atoms. The molecule has 1 atom stereocenters. The molecule has 0 aliphatic rings. The summed E-state index contributed by atoms with van der Waals surface area (Å²) in [5, 5.41) is 8.03. The first kappa shape index (κ1) is 14.5. The average molecular weight is 258 g/mol. The lowest BCUT2D eigenvalue weighted by atomic mass is 10.2. The van der Waals surface area contributed by atoms with Crippen molar-refractivity contribution in [3.8, 4) is 0 Å². The molecule has 1 rings (SSSR count). The molecule has 3 nitrogen and oxygen atoms in total. The van der Waals surface area contributed by atoms with E-state index in [1.54, 1.807) is 0 Å². The number of alkyl halides is 1. The third-order valence-electron chi connectivity index (χ3n) is 3.15. The molecule has 0 fully saturated rings. The Hall–Kier alpha value is -0.540. The highest BCUT2D eigenvalue weighted by molar-refractivity contribution is 6.17. The minimum atomic E-state index is 0.450. The number of halogens is 1. The second-order valence-electron chi connectivity index (χ2n) is 4.52. The van der Waals surface area contributed by atoms with Crippen LogP contribution in [0.3, 0.4) is 0 Å².